The lowest BCUT2D eigenvalue weighted by Crippen LogP contribution is -2.56. The number of Topliss-reactive ketones (excluding diaryl/α,β-unsaturated/α-hetero) is 1. The van der Waals surface area contributed by atoms with E-state index in [0.717, 1.165) is 32.1 Å². The van der Waals surface area contributed by atoms with Crippen LogP contribution in [0.4, 0.5) is 0 Å². The normalized spacial score (nSPS) is 14.2. The van der Waals surface area contributed by atoms with Crippen molar-refractivity contribution < 1.29 is 43.0 Å². The molecule has 23 heteroatoms. The Bertz CT molecular complexity index is 1470. The second-order valence-electron chi connectivity index (χ2n) is 18.5. The first kappa shape index (κ1) is 68.1. The molecule has 23 nitrogen and oxygen atoms in total. The molecule has 0 radical (unpaired) electrons. The van der Waals surface area contributed by atoms with Crippen LogP contribution in [-0.2, 0) is 43.0 Å². The van der Waals surface area contributed by atoms with Gasteiger partial charge in [0.1, 0.15) is 12.1 Å². The molecular weight excluding hydrogens is 929 g/mol. The van der Waals surface area contributed by atoms with Gasteiger partial charge >= 0.3 is 0 Å². The highest BCUT2D eigenvalue weighted by Crippen LogP contribution is 2.13. The quantitative estimate of drug-likeness (QED) is 0.0309. The van der Waals surface area contributed by atoms with Crippen LogP contribution < -0.4 is 77.8 Å². The van der Waals surface area contributed by atoms with Crippen molar-refractivity contribution in [2.75, 3.05) is 72.2 Å². The molecular formula is C49H100N14O9. The summed E-state index contributed by atoms with van der Waals surface area (Å²) >= 11 is 0. The largest absolute Gasteiger partial charge is 0.379 e. The Morgan fingerprint density at radius 3 is 1.18 bits per heavy atom. The van der Waals surface area contributed by atoms with Crippen LogP contribution in [0.5, 0.6) is 0 Å². The third-order valence-electron chi connectivity index (χ3n) is 12.2. The van der Waals surface area contributed by atoms with E-state index in [1.807, 2.05) is 6.92 Å². The van der Waals surface area contributed by atoms with Crippen LogP contribution in [0, 0.1) is 0 Å². The molecule has 7 atom stereocenters. The molecule has 0 aromatic rings. The molecule has 72 heavy (non-hydrogen) atoms. The van der Waals surface area contributed by atoms with Crippen molar-refractivity contribution >= 4 is 41.2 Å². The number of hydrogen-bond donors (Lipinski definition) is 14. The van der Waals surface area contributed by atoms with Gasteiger partial charge in [-0.05, 0) is 136 Å². The topological polar surface area (TPSA) is 418 Å². The average Bonchev–Trinajstić information content (AvgIpc) is 3.36. The van der Waals surface area contributed by atoms with Crippen molar-refractivity contribution in [2.45, 2.75) is 197 Å². The fraction of sp³-hybridized carbons (Fsp3) is 0.857. The Hall–Kier alpha value is -3.91. The zero-order valence-corrected chi connectivity index (χ0v) is 43.9. The number of ketones is 1. The van der Waals surface area contributed by atoms with E-state index in [2.05, 4.69) is 31.9 Å². The summed E-state index contributed by atoms with van der Waals surface area (Å²) in [6.45, 7) is 6.24. The first-order valence-electron chi connectivity index (χ1n) is 26.9. The lowest BCUT2D eigenvalue weighted by Gasteiger charge is -2.24. The molecule has 0 aromatic heterocycles. The van der Waals surface area contributed by atoms with E-state index >= 15 is 0 Å². The molecule has 0 aliphatic rings. The fourth-order valence-electron chi connectivity index (χ4n) is 7.60. The van der Waals surface area contributed by atoms with Gasteiger partial charge in [0.25, 0.3) is 0 Å². The molecule has 0 heterocycles. The second-order valence-corrected chi connectivity index (χ2v) is 18.5. The van der Waals surface area contributed by atoms with Crippen molar-refractivity contribution in [1.29, 1.82) is 0 Å². The number of ether oxygens (including phenoxy) is 2. The van der Waals surface area contributed by atoms with Gasteiger partial charge in [0.2, 0.25) is 35.4 Å². The van der Waals surface area contributed by atoms with Crippen LogP contribution in [-0.4, -0.2) is 156 Å². The highest BCUT2D eigenvalue weighted by atomic mass is 16.5. The highest BCUT2D eigenvalue weighted by molar-refractivity contribution is 5.93. The SMILES string of the molecule is CCOCCOCCNC(=O)[C@H](CCCCCC(=O)[C@H](CCCCNC(=O)[C@@H](N)CCCCN)NC(=O)[C@@H](N)CCCCN)NC(=O)[C@H](CCCCNC(=O)[C@@H](N)CCCCN)NC(=O)[C@@H](N)CCCCN. The minimum absolute atomic E-state index is 0.143. The lowest BCUT2D eigenvalue weighted by molar-refractivity contribution is -0.132. The minimum Gasteiger partial charge on any atom is -0.379 e. The molecule has 0 spiro atoms. The zero-order valence-electron chi connectivity index (χ0n) is 43.9. The molecule has 6 amide bonds. The summed E-state index contributed by atoms with van der Waals surface area (Å²) in [6.07, 6.45) is 12.0. The van der Waals surface area contributed by atoms with Crippen LogP contribution in [0.25, 0.3) is 0 Å². The Balaban J connectivity index is 5.89. The summed E-state index contributed by atoms with van der Waals surface area (Å²) in [7, 11) is 0. The smallest absolute Gasteiger partial charge is 0.243 e. The number of amides is 6. The molecule has 0 unspecified atom stereocenters. The molecule has 0 saturated carbocycles. The molecule has 0 bridgehead atoms. The molecule has 420 valence electrons. The van der Waals surface area contributed by atoms with Crippen molar-refractivity contribution in [1.82, 2.24) is 31.9 Å². The van der Waals surface area contributed by atoms with E-state index in [1.54, 1.807) is 0 Å². The van der Waals surface area contributed by atoms with E-state index in [0.29, 0.717) is 155 Å². The van der Waals surface area contributed by atoms with Gasteiger partial charge in [0, 0.05) is 32.7 Å². The summed E-state index contributed by atoms with van der Waals surface area (Å²) in [4.78, 5) is 92.6. The third kappa shape index (κ3) is 35.3. The number of carbonyl (C=O) groups is 7. The molecule has 0 rings (SSSR count). The summed E-state index contributed by atoms with van der Waals surface area (Å²) in [5.74, 6) is -2.64. The van der Waals surface area contributed by atoms with E-state index in [9.17, 15) is 33.6 Å². The number of unbranched alkanes of at least 4 members (excludes halogenated alkanes) is 8. The van der Waals surface area contributed by atoms with E-state index in [-0.39, 0.29) is 50.0 Å². The van der Waals surface area contributed by atoms with Gasteiger partial charge in [-0.15, -0.1) is 0 Å². The van der Waals surface area contributed by atoms with Crippen LogP contribution in [0.1, 0.15) is 155 Å². The number of hydrogen-bond acceptors (Lipinski definition) is 17. The van der Waals surface area contributed by atoms with E-state index < -0.39 is 65.9 Å². The Morgan fingerprint density at radius 2 is 0.722 bits per heavy atom. The van der Waals surface area contributed by atoms with Crippen molar-refractivity contribution in [3.8, 4) is 0 Å². The Morgan fingerprint density at radius 1 is 0.361 bits per heavy atom. The summed E-state index contributed by atoms with van der Waals surface area (Å²) in [5.41, 5.74) is 46.7. The first-order valence-corrected chi connectivity index (χ1v) is 26.9. The molecule has 0 fully saturated rings. The van der Waals surface area contributed by atoms with Crippen molar-refractivity contribution in [3.63, 3.8) is 0 Å². The summed E-state index contributed by atoms with van der Waals surface area (Å²) in [6, 6.07) is -5.79. The summed E-state index contributed by atoms with van der Waals surface area (Å²) in [5, 5.41) is 17.0. The van der Waals surface area contributed by atoms with Crippen LogP contribution in [0.15, 0.2) is 0 Å². The van der Waals surface area contributed by atoms with Crippen LogP contribution in [0.3, 0.4) is 0 Å². The minimum atomic E-state index is -1.04. The van der Waals surface area contributed by atoms with Gasteiger partial charge < -0.3 is 87.2 Å². The van der Waals surface area contributed by atoms with E-state index in [1.165, 1.54) is 0 Å². The standard InChI is InChI=1S/C49H100N14O9/c1-2-71-34-35-72-33-32-60-48(69)41(63-49(70)42(62-47(68)39(57)21-9-15-29-53)24-11-17-31-59-45(66)37(55)19-7-13-27-51)23-4-3-5-25-43(64)40(61-46(67)38(56)20-8-14-28-52)22-10-16-30-58-44(65)36(54)18-6-12-26-50/h36-42H,2-35,50-57H2,1H3,(H,58,65)(H,59,66)(H,60,69)(H,61,67)(H,62,68)(H,63,70)/t36-,37-,38-,39-,40-,41-,42-/m0/s1. The van der Waals surface area contributed by atoms with Gasteiger partial charge in [-0.2, -0.15) is 0 Å². The molecule has 22 N–H and O–H groups in total. The summed E-state index contributed by atoms with van der Waals surface area (Å²) < 4.78 is 10.9. The Labute approximate surface area is 430 Å². The number of carbonyl (C=O) groups excluding carboxylic acids is 7. The third-order valence-corrected chi connectivity index (χ3v) is 12.2. The average molecular weight is 1030 g/mol. The molecule has 0 aliphatic heterocycles. The number of nitrogens with two attached hydrogens (primary N) is 8. The predicted octanol–water partition coefficient (Wildman–Crippen LogP) is -1.47. The van der Waals surface area contributed by atoms with Gasteiger partial charge in [-0.1, -0.05) is 38.5 Å². The van der Waals surface area contributed by atoms with Gasteiger partial charge in [-0.25, -0.2) is 0 Å². The molecule has 0 saturated heterocycles. The maximum atomic E-state index is 14.0. The maximum absolute atomic E-state index is 14.0. The van der Waals surface area contributed by atoms with Gasteiger partial charge in [0.15, 0.2) is 5.78 Å². The number of nitrogens with one attached hydrogen (secondary N) is 6. The van der Waals surface area contributed by atoms with Gasteiger partial charge in [0.05, 0.1) is 50.0 Å². The monoisotopic (exact) mass is 1030 g/mol. The van der Waals surface area contributed by atoms with Crippen LogP contribution >= 0.6 is 0 Å². The van der Waals surface area contributed by atoms with E-state index in [4.69, 9.17) is 55.3 Å². The fourth-order valence-corrected chi connectivity index (χ4v) is 7.60. The zero-order chi connectivity index (χ0) is 53.8. The number of rotatable bonds is 49. The second kappa shape index (κ2) is 45.7. The van der Waals surface area contributed by atoms with Crippen molar-refractivity contribution in [2.24, 2.45) is 45.9 Å². The maximum Gasteiger partial charge on any atom is 0.243 e. The molecule has 0 aromatic carbocycles. The van der Waals surface area contributed by atoms with Gasteiger partial charge in [-0.3, -0.25) is 33.6 Å². The Kier molecular flexibility index (Phi) is 43.2. The highest BCUT2D eigenvalue weighted by Gasteiger charge is 2.29. The predicted molar refractivity (Wildman–Crippen MR) is 281 cm³/mol. The molecule has 0 aliphatic carbocycles. The van der Waals surface area contributed by atoms with Crippen LogP contribution in [0.2, 0.25) is 0 Å². The lowest BCUT2D eigenvalue weighted by atomic mass is 9.98. The van der Waals surface area contributed by atoms with Crippen molar-refractivity contribution in [3.05, 3.63) is 0 Å². The first-order chi connectivity index (χ1) is 34.7.